The van der Waals surface area contributed by atoms with Crippen LogP contribution < -0.4 is 21.5 Å². The Balaban J connectivity index is 1.25. The number of carbonyl (C=O) groups excluding carboxylic acids is 1. The van der Waals surface area contributed by atoms with E-state index in [1.807, 2.05) is 58.5 Å². The molecule has 0 aliphatic heterocycles. The van der Waals surface area contributed by atoms with E-state index in [9.17, 15) is 24.5 Å². The normalized spacial score (nSPS) is 11.6. The van der Waals surface area contributed by atoms with E-state index in [2.05, 4.69) is 15.6 Å². The van der Waals surface area contributed by atoms with E-state index in [0.29, 0.717) is 32.5 Å². The molecule has 4 aromatic carbocycles. The maximum absolute atomic E-state index is 14.1. The van der Waals surface area contributed by atoms with Gasteiger partial charge in [-0.15, -0.1) is 16.4 Å². The van der Waals surface area contributed by atoms with Crippen molar-refractivity contribution in [1.82, 2.24) is 33.7 Å². The van der Waals surface area contributed by atoms with Crippen molar-refractivity contribution >= 4 is 34.5 Å². The minimum atomic E-state index is -0.675. The van der Waals surface area contributed by atoms with Crippen molar-refractivity contribution in [3.8, 4) is 28.3 Å². The summed E-state index contributed by atoms with van der Waals surface area (Å²) in [4.78, 5) is 52.7. The van der Waals surface area contributed by atoms with Crippen LogP contribution in [0.15, 0.2) is 129 Å². The molecular weight excluding hydrogens is 718 g/mol. The number of nitro groups is 1. The Labute approximate surface area is 309 Å². The van der Waals surface area contributed by atoms with Crippen molar-refractivity contribution in [2.75, 3.05) is 0 Å². The molecule has 0 atom stereocenters. The number of hydrogen-bond acceptors (Lipinski definition) is 8. The molecule has 0 saturated heterocycles. The zero-order valence-corrected chi connectivity index (χ0v) is 29.9. The van der Waals surface area contributed by atoms with E-state index >= 15 is 0 Å². The average Bonchev–Trinajstić information content (AvgIpc) is 3.79. The molecule has 16 heteroatoms. The first-order valence-electron chi connectivity index (χ1n) is 16.2. The maximum Gasteiger partial charge on any atom is 0.351 e. The van der Waals surface area contributed by atoms with E-state index in [4.69, 9.17) is 11.6 Å². The predicted molar refractivity (Wildman–Crippen MR) is 201 cm³/mol. The van der Waals surface area contributed by atoms with Crippen LogP contribution in [0.2, 0.25) is 5.02 Å². The number of aromatic nitrogens is 6. The summed E-state index contributed by atoms with van der Waals surface area (Å²) in [6.07, 6.45) is 0.169. The van der Waals surface area contributed by atoms with Crippen LogP contribution in [-0.4, -0.2) is 39.1 Å². The molecule has 0 unspecified atom stereocenters. The molecule has 0 saturated carbocycles. The van der Waals surface area contributed by atoms with Gasteiger partial charge in [-0.25, -0.2) is 24.2 Å². The summed E-state index contributed by atoms with van der Waals surface area (Å²) in [5.41, 5.74) is 5.60. The summed E-state index contributed by atoms with van der Waals surface area (Å²) < 4.78 is 7.22. The summed E-state index contributed by atoms with van der Waals surface area (Å²) in [5.74, 6) is -0.382. The molecule has 3 heterocycles. The van der Waals surface area contributed by atoms with Gasteiger partial charge in [0.2, 0.25) is 4.80 Å². The lowest BCUT2D eigenvalue weighted by Crippen LogP contribution is -2.34. The fourth-order valence-electron chi connectivity index (χ4n) is 5.94. The van der Waals surface area contributed by atoms with Crippen molar-refractivity contribution < 1.29 is 9.72 Å². The molecule has 3 aromatic heterocycles. The van der Waals surface area contributed by atoms with Crippen LogP contribution in [0.1, 0.15) is 17.1 Å². The fourth-order valence-corrected chi connectivity index (χ4v) is 6.94. The number of halogens is 1. The first kappa shape index (κ1) is 34.9. The predicted octanol–water partition coefficient (Wildman–Crippen LogP) is 5.14. The summed E-state index contributed by atoms with van der Waals surface area (Å²) >= 11 is 7.37. The molecule has 0 aliphatic rings. The second-order valence-corrected chi connectivity index (χ2v) is 13.2. The van der Waals surface area contributed by atoms with Gasteiger partial charge in [-0.2, -0.15) is 5.10 Å². The van der Waals surface area contributed by atoms with Crippen molar-refractivity contribution in [3.05, 3.63) is 172 Å². The first-order valence-corrected chi connectivity index (χ1v) is 17.5. The molecule has 0 spiro atoms. The van der Waals surface area contributed by atoms with Crippen LogP contribution in [-0.2, 0) is 24.8 Å². The SMILES string of the molecule is Cc1c(-n2c(Cc3ccc(Cl)cc3)nn(CC(=O)N/N=c3\scc(-c4ccc([N+](=O)[O-])cc4)n3-c3ccccc3)c2=O)c(=O)n(-c2ccccc2)n1C. The molecule has 1 N–H and O–H groups in total. The number of nitrogens with zero attached hydrogens (tertiary/aromatic N) is 8. The monoisotopic (exact) mass is 747 g/mol. The molecule has 7 rings (SSSR count). The number of nitrogens with one attached hydrogen (secondary N) is 1. The highest BCUT2D eigenvalue weighted by Crippen LogP contribution is 2.25. The summed E-state index contributed by atoms with van der Waals surface area (Å²) in [6, 6.07) is 31.6. The third-order valence-corrected chi connectivity index (χ3v) is 9.67. The summed E-state index contributed by atoms with van der Waals surface area (Å²) in [7, 11) is 1.73. The van der Waals surface area contributed by atoms with Crippen molar-refractivity contribution in [2.24, 2.45) is 12.1 Å². The third-order valence-electron chi connectivity index (χ3n) is 8.60. The lowest BCUT2D eigenvalue weighted by atomic mass is 10.1. The standard InChI is InChI=1S/C37H30ClN9O5S/c1-24-34(35(49)46(42(24)2)29-11-7-4-8-12-29)45-32(21-25-13-17-27(38)18-14-25)41-43(37(45)50)22-33(48)39-40-36-44(28-9-5-3-6-10-28)31(23-53-36)26-15-19-30(20-16-26)47(51)52/h3-20,23H,21-22H2,1-2H3,(H,39,48)/b40-36-. The van der Waals surface area contributed by atoms with Gasteiger partial charge < -0.3 is 0 Å². The smallest absolute Gasteiger partial charge is 0.284 e. The van der Waals surface area contributed by atoms with Gasteiger partial charge in [0.15, 0.2) is 0 Å². The largest absolute Gasteiger partial charge is 0.351 e. The number of nitro benzene ring substituents is 1. The number of benzene rings is 4. The molecule has 1 amide bonds. The van der Waals surface area contributed by atoms with Gasteiger partial charge in [-0.05, 0) is 66.6 Å². The van der Waals surface area contributed by atoms with E-state index in [1.165, 1.54) is 32.7 Å². The lowest BCUT2D eigenvalue weighted by molar-refractivity contribution is -0.384. The van der Waals surface area contributed by atoms with Gasteiger partial charge in [-0.1, -0.05) is 60.1 Å². The number of para-hydroxylation sites is 2. The highest BCUT2D eigenvalue weighted by molar-refractivity contribution is 7.07. The molecule has 266 valence electrons. The minimum Gasteiger partial charge on any atom is -0.284 e. The Morgan fingerprint density at radius 1 is 0.906 bits per heavy atom. The van der Waals surface area contributed by atoms with Gasteiger partial charge in [0.25, 0.3) is 17.2 Å². The Morgan fingerprint density at radius 2 is 1.55 bits per heavy atom. The Bertz CT molecular complexity index is 2650. The molecule has 0 aliphatic carbocycles. The Hall–Kier alpha value is -6.58. The molecule has 0 fully saturated rings. The van der Waals surface area contributed by atoms with Crippen LogP contribution in [0.3, 0.4) is 0 Å². The van der Waals surface area contributed by atoms with Gasteiger partial charge in [-0.3, -0.25) is 29.0 Å². The fraction of sp³-hybridized carbons (Fsp3) is 0.108. The van der Waals surface area contributed by atoms with Crippen molar-refractivity contribution in [1.29, 1.82) is 0 Å². The van der Waals surface area contributed by atoms with Crippen LogP contribution in [0, 0.1) is 17.0 Å². The van der Waals surface area contributed by atoms with Crippen molar-refractivity contribution in [2.45, 2.75) is 19.9 Å². The number of thiazole rings is 1. The molecular formula is C37H30ClN9O5S. The van der Waals surface area contributed by atoms with Crippen LogP contribution in [0.4, 0.5) is 5.69 Å². The van der Waals surface area contributed by atoms with Crippen LogP contribution >= 0.6 is 22.9 Å². The maximum atomic E-state index is 14.1. The quantitative estimate of drug-likeness (QED) is 0.151. The third kappa shape index (κ3) is 6.90. The van der Waals surface area contributed by atoms with Crippen molar-refractivity contribution in [3.63, 3.8) is 0 Å². The molecule has 53 heavy (non-hydrogen) atoms. The highest BCUT2D eigenvalue weighted by Gasteiger charge is 2.25. The zero-order valence-electron chi connectivity index (χ0n) is 28.3. The van der Waals surface area contributed by atoms with E-state index in [-0.39, 0.29) is 23.6 Å². The minimum absolute atomic E-state index is 0.0364. The Morgan fingerprint density at radius 3 is 2.19 bits per heavy atom. The second-order valence-electron chi connectivity index (χ2n) is 11.9. The molecule has 14 nitrogen and oxygen atoms in total. The number of carbonyl (C=O) groups is 1. The molecule has 0 radical (unpaired) electrons. The number of rotatable bonds is 10. The van der Waals surface area contributed by atoms with Gasteiger partial charge >= 0.3 is 5.69 Å². The van der Waals surface area contributed by atoms with Crippen LogP contribution in [0.25, 0.3) is 28.3 Å². The zero-order chi connectivity index (χ0) is 37.2. The van der Waals surface area contributed by atoms with Gasteiger partial charge in [0.1, 0.15) is 18.1 Å². The van der Waals surface area contributed by atoms with Gasteiger partial charge in [0.05, 0.1) is 22.0 Å². The van der Waals surface area contributed by atoms with Gasteiger partial charge in [0, 0.05) is 41.7 Å². The van der Waals surface area contributed by atoms with E-state index < -0.39 is 28.6 Å². The second kappa shape index (κ2) is 14.6. The van der Waals surface area contributed by atoms with Crippen LogP contribution in [0.5, 0.6) is 0 Å². The highest BCUT2D eigenvalue weighted by atomic mass is 35.5. The Kier molecular flexibility index (Phi) is 9.58. The number of hydrogen-bond donors (Lipinski definition) is 1. The summed E-state index contributed by atoms with van der Waals surface area (Å²) in [6.45, 7) is 1.25. The van der Waals surface area contributed by atoms with E-state index in [1.54, 1.807) is 67.2 Å². The average molecular weight is 748 g/mol. The lowest BCUT2D eigenvalue weighted by Gasteiger charge is -2.09. The molecule has 0 bridgehead atoms. The number of non-ortho nitro benzene ring substituents is 1. The summed E-state index contributed by atoms with van der Waals surface area (Å²) in [5, 5.41) is 22.5. The topological polar surface area (TPSA) is 156 Å². The number of amides is 1. The molecule has 7 aromatic rings. The first-order chi connectivity index (χ1) is 25.6. The van der Waals surface area contributed by atoms with E-state index in [0.717, 1.165) is 15.9 Å².